The molecule has 0 bridgehead atoms. The predicted octanol–water partition coefficient (Wildman–Crippen LogP) is 6.37. The number of allylic oxidation sites excluding steroid dienone is 1. The highest BCUT2D eigenvalue weighted by Crippen LogP contribution is 2.38. The molecule has 0 saturated carbocycles. The second-order valence-electron chi connectivity index (χ2n) is 8.08. The zero-order valence-corrected chi connectivity index (χ0v) is 19.3. The van der Waals surface area contributed by atoms with Gasteiger partial charge in [-0.3, -0.25) is 4.90 Å². The van der Waals surface area contributed by atoms with Gasteiger partial charge in [0.1, 0.15) is 11.6 Å². The normalized spacial score (nSPS) is 15.9. The Hall–Kier alpha value is -4.04. The molecule has 0 spiro atoms. The smallest absolute Gasteiger partial charge is 0.322 e. The number of nitrogens with zero attached hydrogens (tertiary/aromatic N) is 3. The average Bonchev–Trinajstić information content (AvgIpc) is 3.32. The molecule has 5 rings (SSSR count). The van der Waals surface area contributed by atoms with Gasteiger partial charge in [0, 0.05) is 16.3 Å². The molecule has 0 saturated heterocycles. The van der Waals surface area contributed by atoms with E-state index in [9.17, 15) is 13.6 Å². The lowest BCUT2D eigenvalue weighted by Crippen LogP contribution is -2.45. The van der Waals surface area contributed by atoms with E-state index >= 15 is 0 Å². The van der Waals surface area contributed by atoms with Gasteiger partial charge < -0.3 is 9.84 Å². The molecule has 1 unspecified atom stereocenters. The fourth-order valence-corrected chi connectivity index (χ4v) is 4.23. The van der Waals surface area contributed by atoms with Gasteiger partial charge in [0.15, 0.2) is 0 Å². The van der Waals surface area contributed by atoms with E-state index in [0.717, 1.165) is 11.1 Å². The van der Waals surface area contributed by atoms with Crippen molar-refractivity contribution in [2.75, 3.05) is 0 Å². The van der Waals surface area contributed by atoms with E-state index in [2.05, 4.69) is 15.5 Å². The molecule has 35 heavy (non-hydrogen) atoms. The Morgan fingerprint density at radius 2 is 1.80 bits per heavy atom. The van der Waals surface area contributed by atoms with Gasteiger partial charge in [-0.25, -0.2) is 13.6 Å². The maximum absolute atomic E-state index is 13.7. The summed E-state index contributed by atoms with van der Waals surface area (Å²) in [5.74, 6) is -0.388. The zero-order chi connectivity index (χ0) is 24.5. The number of halogens is 3. The van der Waals surface area contributed by atoms with Crippen LogP contribution < -0.4 is 5.32 Å². The van der Waals surface area contributed by atoms with Gasteiger partial charge in [0.2, 0.25) is 5.82 Å². The van der Waals surface area contributed by atoms with E-state index in [1.165, 1.54) is 29.2 Å². The first-order valence-corrected chi connectivity index (χ1v) is 11.2. The van der Waals surface area contributed by atoms with Crippen LogP contribution in [0.1, 0.15) is 30.0 Å². The van der Waals surface area contributed by atoms with Crippen LogP contribution in [0.2, 0.25) is 5.02 Å². The number of hydrogen-bond acceptors (Lipinski definition) is 4. The Labute approximate surface area is 204 Å². The molecule has 1 aliphatic heterocycles. The first-order valence-electron chi connectivity index (χ1n) is 10.8. The monoisotopic (exact) mass is 492 g/mol. The van der Waals surface area contributed by atoms with Crippen LogP contribution >= 0.6 is 11.6 Å². The summed E-state index contributed by atoms with van der Waals surface area (Å²) in [6, 6.07) is 18.0. The molecule has 0 radical (unpaired) electrons. The Kier molecular flexibility index (Phi) is 6.05. The van der Waals surface area contributed by atoms with Crippen LogP contribution in [0.25, 0.3) is 17.0 Å². The molecule has 0 fully saturated rings. The minimum atomic E-state index is -0.619. The van der Waals surface area contributed by atoms with Crippen LogP contribution in [0.3, 0.4) is 0 Å². The van der Waals surface area contributed by atoms with Gasteiger partial charge in [0.05, 0.1) is 18.2 Å². The maximum atomic E-state index is 13.7. The number of benzene rings is 3. The summed E-state index contributed by atoms with van der Waals surface area (Å²) < 4.78 is 32.7. The van der Waals surface area contributed by atoms with Gasteiger partial charge in [-0.05, 0) is 54.4 Å². The number of hydrogen-bond donors (Lipinski definition) is 1. The molecule has 2 amide bonds. The van der Waals surface area contributed by atoms with Gasteiger partial charge in [-0.2, -0.15) is 4.98 Å². The van der Waals surface area contributed by atoms with Crippen molar-refractivity contribution in [3.8, 4) is 11.4 Å². The molecule has 1 aromatic heterocycles. The number of nitrogens with one attached hydrogen (secondary N) is 1. The van der Waals surface area contributed by atoms with Crippen LogP contribution in [0.4, 0.5) is 13.6 Å². The van der Waals surface area contributed by atoms with Gasteiger partial charge in [-0.15, -0.1) is 0 Å². The molecule has 9 heteroatoms. The number of aromatic nitrogens is 2. The summed E-state index contributed by atoms with van der Waals surface area (Å²) in [6.07, 6.45) is 0. The Bertz CT molecular complexity index is 1440. The van der Waals surface area contributed by atoms with Gasteiger partial charge >= 0.3 is 6.03 Å². The number of carbonyl (C=O) groups excluding carboxylic acids is 1. The average molecular weight is 493 g/mol. The molecule has 2 heterocycles. The summed E-state index contributed by atoms with van der Waals surface area (Å²) in [4.78, 5) is 19.2. The predicted molar refractivity (Wildman–Crippen MR) is 127 cm³/mol. The molecule has 4 aromatic rings. The van der Waals surface area contributed by atoms with Crippen LogP contribution in [0, 0.1) is 11.6 Å². The number of urea groups is 1. The first kappa shape index (κ1) is 22.7. The second kappa shape index (κ2) is 9.31. The third kappa shape index (κ3) is 4.65. The lowest BCUT2D eigenvalue weighted by atomic mass is 9.94. The molecule has 6 nitrogen and oxygen atoms in total. The van der Waals surface area contributed by atoms with E-state index in [1.807, 2.05) is 6.07 Å². The highest BCUT2D eigenvalue weighted by Gasteiger charge is 2.36. The number of rotatable bonds is 5. The van der Waals surface area contributed by atoms with E-state index in [1.54, 1.807) is 49.4 Å². The van der Waals surface area contributed by atoms with E-state index in [4.69, 9.17) is 16.1 Å². The topological polar surface area (TPSA) is 71.3 Å². The molecule has 0 aliphatic carbocycles. The second-order valence-corrected chi connectivity index (χ2v) is 8.52. The maximum Gasteiger partial charge on any atom is 0.322 e. The lowest BCUT2D eigenvalue weighted by molar-refractivity contribution is 0.203. The molecular formula is C26H19ClF2N4O2. The third-order valence-electron chi connectivity index (χ3n) is 5.77. The van der Waals surface area contributed by atoms with Gasteiger partial charge in [0.25, 0.3) is 5.89 Å². The van der Waals surface area contributed by atoms with Crippen molar-refractivity contribution < 1.29 is 18.1 Å². The van der Waals surface area contributed by atoms with E-state index in [0.29, 0.717) is 21.9 Å². The van der Waals surface area contributed by atoms with E-state index in [-0.39, 0.29) is 30.1 Å². The van der Waals surface area contributed by atoms with Crippen molar-refractivity contribution in [3.05, 3.63) is 112 Å². The molecule has 1 atom stereocenters. The third-order valence-corrected chi connectivity index (χ3v) is 6.01. The Morgan fingerprint density at radius 3 is 2.54 bits per heavy atom. The number of amides is 2. The SMILES string of the molecule is CC1=C(c2nc(-c3cccc(F)c3)no2)C(c2cccc(Cl)c2)NC(=O)N1Cc1ccc(F)cc1. The molecule has 176 valence electrons. The minimum Gasteiger partial charge on any atom is -0.334 e. The van der Waals surface area contributed by atoms with Crippen LogP contribution in [-0.2, 0) is 6.54 Å². The molecular weight excluding hydrogens is 474 g/mol. The summed E-state index contributed by atoms with van der Waals surface area (Å²) in [7, 11) is 0. The van der Waals surface area contributed by atoms with Crippen molar-refractivity contribution in [3.63, 3.8) is 0 Å². The Balaban J connectivity index is 1.60. The minimum absolute atomic E-state index is 0.177. The van der Waals surface area contributed by atoms with Crippen LogP contribution in [-0.4, -0.2) is 21.1 Å². The molecule has 1 aliphatic rings. The van der Waals surface area contributed by atoms with Gasteiger partial charge in [-0.1, -0.05) is 53.2 Å². The van der Waals surface area contributed by atoms with E-state index < -0.39 is 11.9 Å². The Morgan fingerprint density at radius 1 is 1.03 bits per heavy atom. The van der Waals surface area contributed by atoms with Crippen LogP contribution in [0.15, 0.2) is 83.0 Å². The fourth-order valence-electron chi connectivity index (χ4n) is 4.04. The lowest BCUT2D eigenvalue weighted by Gasteiger charge is -2.35. The highest BCUT2D eigenvalue weighted by molar-refractivity contribution is 6.30. The zero-order valence-electron chi connectivity index (χ0n) is 18.5. The summed E-state index contributed by atoms with van der Waals surface area (Å²) in [5.41, 5.74) is 3.08. The largest absolute Gasteiger partial charge is 0.334 e. The van der Waals surface area contributed by atoms with Crippen molar-refractivity contribution >= 4 is 23.2 Å². The molecule has 1 N–H and O–H groups in total. The highest BCUT2D eigenvalue weighted by atomic mass is 35.5. The van der Waals surface area contributed by atoms with Crippen molar-refractivity contribution in [2.24, 2.45) is 0 Å². The quantitative estimate of drug-likeness (QED) is 0.351. The first-order chi connectivity index (χ1) is 16.9. The summed E-state index contributed by atoms with van der Waals surface area (Å²) in [5, 5.41) is 7.53. The molecule has 3 aromatic carbocycles. The summed E-state index contributed by atoms with van der Waals surface area (Å²) in [6.45, 7) is 1.98. The number of carbonyl (C=O) groups is 1. The summed E-state index contributed by atoms with van der Waals surface area (Å²) >= 11 is 6.22. The van der Waals surface area contributed by atoms with Crippen LogP contribution in [0.5, 0.6) is 0 Å². The van der Waals surface area contributed by atoms with Crippen molar-refractivity contribution in [1.29, 1.82) is 0 Å². The standard InChI is InChI=1S/C26H19ClF2N4O2/c1-15-22(25-31-24(32-35-25)18-5-3-7-21(29)13-18)23(17-4-2-6-19(27)12-17)30-26(34)33(15)14-16-8-10-20(28)11-9-16/h2-13,23H,14H2,1H3,(H,30,34). The van der Waals surface area contributed by atoms with Crippen molar-refractivity contribution in [2.45, 2.75) is 19.5 Å². The van der Waals surface area contributed by atoms with Crippen molar-refractivity contribution in [1.82, 2.24) is 20.4 Å². The fraction of sp³-hybridized carbons (Fsp3) is 0.115.